The monoisotopic (exact) mass is 391 g/mol. The Kier molecular flexibility index (Phi) is 4.82. The first-order valence-corrected chi connectivity index (χ1v) is 8.95. The lowest BCUT2D eigenvalue weighted by Crippen LogP contribution is -2.32. The molecule has 146 valence electrons. The fourth-order valence-electron chi connectivity index (χ4n) is 3.03. The maximum atomic E-state index is 12.5. The summed E-state index contributed by atoms with van der Waals surface area (Å²) < 4.78 is 11.5. The number of pyridine rings is 1. The Balaban J connectivity index is 1.45. The number of amides is 1. The Hall–Kier alpha value is -3.94. The summed E-state index contributed by atoms with van der Waals surface area (Å²) in [4.78, 5) is 41.0. The summed E-state index contributed by atoms with van der Waals surface area (Å²) in [6.07, 6.45) is 0.614. The maximum absolute atomic E-state index is 12.5. The minimum absolute atomic E-state index is 0.356. The number of carbonyl (C=O) groups is 2. The predicted octanol–water partition coefficient (Wildman–Crippen LogP) is 2.71. The first-order chi connectivity index (χ1) is 14.0. The van der Waals surface area contributed by atoms with E-state index in [0.29, 0.717) is 16.8 Å². The van der Waals surface area contributed by atoms with Crippen LogP contribution in [0.15, 0.2) is 70.0 Å². The number of rotatable bonds is 5. The van der Waals surface area contributed by atoms with Crippen molar-refractivity contribution in [1.29, 1.82) is 0 Å². The molecule has 0 aliphatic carbocycles. The number of fused-ring (bicyclic) bond motifs is 2. The first-order valence-electron chi connectivity index (χ1n) is 8.95. The van der Waals surface area contributed by atoms with E-state index in [1.807, 2.05) is 12.1 Å². The number of nitrogens with one attached hydrogen (secondary N) is 1. The van der Waals surface area contributed by atoms with Gasteiger partial charge in [-0.1, -0.05) is 18.2 Å². The number of para-hydroxylation sites is 2. The molecule has 2 aromatic heterocycles. The van der Waals surface area contributed by atoms with E-state index < -0.39 is 23.7 Å². The number of ether oxygens (including phenoxy) is 1. The SMILES string of the molecule is CC(OC(=O)Cn1c(=O)oc2ccccc21)C(=O)Nc1cccc2ncccc12. The van der Waals surface area contributed by atoms with E-state index in [-0.39, 0.29) is 6.54 Å². The van der Waals surface area contributed by atoms with Gasteiger partial charge < -0.3 is 14.5 Å². The third-order valence-corrected chi connectivity index (χ3v) is 4.44. The van der Waals surface area contributed by atoms with E-state index >= 15 is 0 Å². The lowest BCUT2D eigenvalue weighted by Gasteiger charge is -2.14. The van der Waals surface area contributed by atoms with Gasteiger partial charge in [-0.3, -0.25) is 19.1 Å². The molecule has 0 aliphatic heterocycles. The molecule has 0 aliphatic rings. The molecule has 2 heterocycles. The van der Waals surface area contributed by atoms with Crippen molar-refractivity contribution in [3.8, 4) is 0 Å². The quantitative estimate of drug-likeness (QED) is 0.525. The maximum Gasteiger partial charge on any atom is 0.420 e. The fourth-order valence-corrected chi connectivity index (χ4v) is 3.03. The van der Waals surface area contributed by atoms with Gasteiger partial charge in [-0.2, -0.15) is 0 Å². The van der Waals surface area contributed by atoms with E-state index in [9.17, 15) is 14.4 Å². The summed E-state index contributed by atoms with van der Waals surface area (Å²) in [6.45, 7) is 1.11. The van der Waals surface area contributed by atoms with Crippen LogP contribution in [0.1, 0.15) is 6.92 Å². The van der Waals surface area contributed by atoms with Crippen LogP contribution < -0.4 is 11.1 Å². The van der Waals surface area contributed by atoms with Crippen LogP contribution in [0.5, 0.6) is 0 Å². The second kappa shape index (κ2) is 7.59. The highest BCUT2D eigenvalue weighted by Gasteiger charge is 2.20. The smallest absolute Gasteiger partial charge is 0.420 e. The number of hydrogen-bond donors (Lipinski definition) is 1. The van der Waals surface area contributed by atoms with Gasteiger partial charge >= 0.3 is 11.7 Å². The van der Waals surface area contributed by atoms with E-state index in [0.717, 1.165) is 10.9 Å². The number of oxazole rings is 1. The summed E-state index contributed by atoms with van der Waals surface area (Å²) in [5, 5.41) is 3.52. The lowest BCUT2D eigenvalue weighted by atomic mass is 10.2. The number of benzene rings is 2. The van der Waals surface area contributed by atoms with Crippen molar-refractivity contribution in [2.75, 3.05) is 5.32 Å². The van der Waals surface area contributed by atoms with Crippen molar-refractivity contribution >= 4 is 39.6 Å². The Morgan fingerprint density at radius 3 is 2.83 bits per heavy atom. The van der Waals surface area contributed by atoms with Gasteiger partial charge in [0.05, 0.1) is 16.7 Å². The molecule has 1 unspecified atom stereocenters. The van der Waals surface area contributed by atoms with Crippen LogP contribution >= 0.6 is 0 Å². The van der Waals surface area contributed by atoms with Crippen molar-refractivity contribution in [2.45, 2.75) is 19.6 Å². The van der Waals surface area contributed by atoms with Gasteiger partial charge in [-0.05, 0) is 43.3 Å². The molecule has 0 bridgehead atoms. The van der Waals surface area contributed by atoms with E-state index in [1.165, 1.54) is 11.5 Å². The third-order valence-electron chi connectivity index (χ3n) is 4.44. The first kappa shape index (κ1) is 18.4. The van der Waals surface area contributed by atoms with Gasteiger partial charge in [-0.15, -0.1) is 0 Å². The summed E-state index contributed by atoms with van der Waals surface area (Å²) >= 11 is 0. The van der Waals surface area contributed by atoms with Crippen LogP contribution in [0, 0.1) is 0 Å². The topological polar surface area (TPSA) is 103 Å². The molecule has 1 N–H and O–H groups in total. The van der Waals surface area contributed by atoms with Crippen LogP contribution in [0.25, 0.3) is 22.0 Å². The molecule has 8 heteroatoms. The number of esters is 1. The molecule has 1 amide bonds. The number of anilines is 1. The van der Waals surface area contributed by atoms with E-state index in [1.54, 1.807) is 48.7 Å². The summed E-state index contributed by atoms with van der Waals surface area (Å²) in [5.74, 6) is -1.87. The Morgan fingerprint density at radius 1 is 1.14 bits per heavy atom. The molecule has 0 saturated heterocycles. The average molecular weight is 391 g/mol. The molecule has 0 fully saturated rings. The summed E-state index contributed by atoms with van der Waals surface area (Å²) in [5.41, 5.74) is 2.16. The summed E-state index contributed by atoms with van der Waals surface area (Å²) in [7, 11) is 0. The molecule has 0 spiro atoms. The van der Waals surface area contributed by atoms with Crippen molar-refractivity contribution in [3.05, 3.63) is 71.3 Å². The molecule has 29 heavy (non-hydrogen) atoms. The number of aromatic nitrogens is 2. The highest BCUT2D eigenvalue weighted by molar-refractivity contribution is 6.02. The Labute approximate surface area is 164 Å². The van der Waals surface area contributed by atoms with Gasteiger partial charge in [-0.25, -0.2) is 4.79 Å². The van der Waals surface area contributed by atoms with Crippen molar-refractivity contribution in [3.63, 3.8) is 0 Å². The standard InChI is InChI=1S/C21H17N3O5/c1-13(20(26)23-16-8-4-7-15-14(16)6-5-11-22-15)28-19(25)12-24-17-9-2-3-10-18(17)29-21(24)27/h2-11,13H,12H2,1H3,(H,23,26). The van der Waals surface area contributed by atoms with Crippen molar-refractivity contribution < 1.29 is 18.7 Å². The van der Waals surface area contributed by atoms with Crippen LogP contribution in [-0.4, -0.2) is 27.5 Å². The Morgan fingerprint density at radius 2 is 1.97 bits per heavy atom. The molecular weight excluding hydrogens is 374 g/mol. The molecule has 2 aromatic carbocycles. The number of nitrogens with zero attached hydrogens (tertiary/aromatic N) is 2. The van der Waals surface area contributed by atoms with Crippen LogP contribution in [0.2, 0.25) is 0 Å². The lowest BCUT2D eigenvalue weighted by molar-refractivity contribution is -0.153. The number of carbonyl (C=O) groups excluding carboxylic acids is 2. The molecule has 4 rings (SSSR count). The van der Waals surface area contributed by atoms with Crippen LogP contribution in [0.3, 0.4) is 0 Å². The normalized spacial score (nSPS) is 12.0. The average Bonchev–Trinajstić information content (AvgIpc) is 3.03. The predicted molar refractivity (Wildman–Crippen MR) is 106 cm³/mol. The summed E-state index contributed by atoms with van der Waals surface area (Å²) in [6, 6.07) is 15.7. The Bertz CT molecular complexity index is 1270. The highest BCUT2D eigenvalue weighted by Crippen LogP contribution is 2.21. The van der Waals surface area contributed by atoms with Gasteiger partial charge in [0.1, 0.15) is 6.54 Å². The molecule has 0 radical (unpaired) electrons. The van der Waals surface area contributed by atoms with Gasteiger partial charge in [0.15, 0.2) is 11.7 Å². The van der Waals surface area contributed by atoms with Crippen molar-refractivity contribution in [2.24, 2.45) is 0 Å². The molecule has 1 atom stereocenters. The molecule has 0 saturated carbocycles. The zero-order valence-corrected chi connectivity index (χ0v) is 15.5. The van der Waals surface area contributed by atoms with E-state index in [4.69, 9.17) is 9.15 Å². The zero-order chi connectivity index (χ0) is 20.4. The second-order valence-corrected chi connectivity index (χ2v) is 6.42. The fraction of sp³-hybridized carbons (Fsp3) is 0.143. The minimum Gasteiger partial charge on any atom is -0.451 e. The molecular formula is C21H17N3O5. The second-order valence-electron chi connectivity index (χ2n) is 6.42. The van der Waals surface area contributed by atoms with Gasteiger partial charge in [0.25, 0.3) is 5.91 Å². The largest absolute Gasteiger partial charge is 0.451 e. The van der Waals surface area contributed by atoms with E-state index in [2.05, 4.69) is 10.3 Å². The molecule has 8 nitrogen and oxygen atoms in total. The minimum atomic E-state index is -1.05. The third kappa shape index (κ3) is 3.73. The van der Waals surface area contributed by atoms with Crippen LogP contribution in [0.4, 0.5) is 5.69 Å². The number of hydrogen-bond acceptors (Lipinski definition) is 6. The zero-order valence-electron chi connectivity index (χ0n) is 15.5. The van der Waals surface area contributed by atoms with Crippen LogP contribution in [-0.2, 0) is 20.9 Å². The van der Waals surface area contributed by atoms with Gasteiger partial charge in [0.2, 0.25) is 0 Å². The highest BCUT2D eigenvalue weighted by atomic mass is 16.5. The molecule has 4 aromatic rings. The van der Waals surface area contributed by atoms with Crippen molar-refractivity contribution in [1.82, 2.24) is 9.55 Å². The van der Waals surface area contributed by atoms with Gasteiger partial charge in [0, 0.05) is 11.6 Å².